The van der Waals surface area contributed by atoms with Gasteiger partial charge < -0.3 is 10.3 Å². The molecule has 0 aliphatic heterocycles. The van der Waals surface area contributed by atoms with Gasteiger partial charge in [0.2, 0.25) is 5.95 Å². The largest absolute Gasteiger partial charge is 0.453 e. The van der Waals surface area contributed by atoms with Gasteiger partial charge in [0.05, 0.1) is 5.69 Å². The number of benzene rings is 2. The fourth-order valence-corrected chi connectivity index (χ4v) is 3.17. The maximum Gasteiger partial charge on any atom is 0.453 e. The standard InChI is InChI=1S/C19H17F3N4.H2OS/c1-11-9-15(13-7-8-13)16(10-14(11)12-5-3-2-4-6-12)26-18(23)24-17(25-26)19(20,21)22;1-2/h2-6,9-10,13H,7-8H2,1H3,(H2,23,24,25);1-2H. The highest BCUT2D eigenvalue weighted by atomic mass is 32.1. The van der Waals surface area contributed by atoms with E-state index in [2.05, 4.69) is 23.0 Å². The maximum atomic E-state index is 13.0. The third-order valence-electron chi connectivity index (χ3n) is 4.59. The van der Waals surface area contributed by atoms with Gasteiger partial charge >= 0.3 is 6.18 Å². The quantitative estimate of drug-likeness (QED) is 0.416. The molecule has 0 atom stereocenters. The Morgan fingerprint density at radius 2 is 1.79 bits per heavy atom. The second kappa shape index (κ2) is 7.84. The minimum atomic E-state index is -4.63. The van der Waals surface area contributed by atoms with Gasteiger partial charge in [-0.3, -0.25) is 0 Å². The van der Waals surface area contributed by atoms with Gasteiger partial charge in [-0.25, -0.2) is 0 Å². The molecule has 1 aliphatic carbocycles. The number of hydrogen-bond donors (Lipinski definition) is 3. The van der Waals surface area contributed by atoms with E-state index < -0.39 is 12.0 Å². The Hall–Kier alpha value is -2.52. The molecule has 0 amide bonds. The molecule has 1 saturated carbocycles. The summed E-state index contributed by atoms with van der Waals surface area (Å²) in [6, 6.07) is 13.6. The molecular weight excluding hydrogens is 389 g/mol. The third-order valence-corrected chi connectivity index (χ3v) is 4.59. The van der Waals surface area contributed by atoms with Crippen molar-refractivity contribution in [3.8, 4) is 16.8 Å². The lowest BCUT2D eigenvalue weighted by Crippen LogP contribution is -2.09. The van der Waals surface area contributed by atoms with E-state index >= 15 is 0 Å². The van der Waals surface area contributed by atoms with Crippen molar-refractivity contribution in [3.63, 3.8) is 0 Å². The van der Waals surface area contributed by atoms with Gasteiger partial charge in [-0.1, -0.05) is 36.4 Å². The number of nitrogens with zero attached hydrogens (tertiary/aromatic N) is 3. The van der Waals surface area contributed by atoms with Crippen LogP contribution in [0.1, 0.15) is 35.7 Å². The van der Waals surface area contributed by atoms with E-state index in [4.69, 9.17) is 10.3 Å². The van der Waals surface area contributed by atoms with Crippen LogP contribution in [0.5, 0.6) is 0 Å². The summed E-state index contributed by atoms with van der Waals surface area (Å²) in [5.74, 6) is -1.16. The molecule has 1 fully saturated rings. The molecule has 9 heteroatoms. The van der Waals surface area contributed by atoms with Crippen molar-refractivity contribution >= 4 is 18.9 Å². The number of anilines is 1. The zero-order chi connectivity index (χ0) is 20.5. The van der Waals surface area contributed by atoms with Crippen LogP contribution in [0.4, 0.5) is 19.1 Å². The highest BCUT2D eigenvalue weighted by Crippen LogP contribution is 2.45. The van der Waals surface area contributed by atoms with Crippen LogP contribution in [0.2, 0.25) is 0 Å². The zero-order valence-electron chi connectivity index (χ0n) is 15.0. The summed E-state index contributed by atoms with van der Waals surface area (Å²) in [5.41, 5.74) is 10.3. The van der Waals surface area contributed by atoms with Crippen molar-refractivity contribution in [2.24, 2.45) is 0 Å². The molecule has 4 rings (SSSR count). The lowest BCUT2D eigenvalue weighted by molar-refractivity contribution is -0.144. The van der Waals surface area contributed by atoms with E-state index in [1.165, 1.54) is 0 Å². The Morgan fingerprint density at radius 1 is 1.14 bits per heavy atom. The molecule has 5 nitrogen and oxygen atoms in total. The number of alkyl halides is 3. The average molecular weight is 408 g/mol. The molecule has 148 valence electrons. The molecule has 1 heterocycles. The van der Waals surface area contributed by atoms with Crippen molar-refractivity contribution in [1.29, 1.82) is 0 Å². The number of aryl methyl sites for hydroxylation is 1. The number of halogens is 3. The fraction of sp³-hybridized carbons (Fsp3) is 0.263. The van der Waals surface area contributed by atoms with Gasteiger partial charge in [0.25, 0.3) is 5.82 Å². The molecule has 2 aromatic carbocycles. The van der Waals surface area contributed by atoms with E-state index in [1.807, 2.05) is 49.4 Å². The van der Waals surface area contributed by atoms with Gasteiger partial charge in [-0.2, -0.15) is 22.8 Å². The van der Waals surface area contributed by atoms with Crippen molar-refractivity contribution in [2.75, 3.05) is 5.73 Å². The van der Waals surface area contributed by atoms with Gasteiger partial charge in [-0.05, 0) is 66.9 Å². The second-order valence-corrected chi connectivity index (χ2v) is 6.57. The minimum Gasteiger partial charge on any atom is -0.368 e. The van der Waals surface area contributed by atoms with Gasteiger partial charge in [0.1, 0.15) is 0 Å². The van der Waals surface area contributed by atoms with E-state index in [-0.39, 0.29) is 5.95 Å². The topological polar surface area (TPSA) is 77.0 Å². The molecule has 0 radical (unpaired) electrons. The first kappa shape index (κ1) is 20.2. The highest BCUT2D eigenvalue weighted by Gasteiger charge is 2.38. The number of thiol groups is 1. The summed E-state index contributed by atoms with van der Waals surface area (Å²) in [6.07, 6.45) is -2.61. The van der Waals surface area contributed by atoms with Gasteiger partial charge in [0, 0.05) is 0 Å². The highest BCUT2D eigenvalue weighted by molar-refractivity contribution is 7.74. The van der Waals surface area contributed by atoms with Gasteiger partial charge in [-0.15, -0.1) is 5.10 Å². The predicted octanol–water partition coefficient (Wildman–Crippen LogP) is 5.11. The van der Waals surface area contributed by atoms with Crippen LogP contribution < -0.4 is 5.73 Å². The molecule has 1 aromatic heterocycles. The third kappa shape index (κ3) is 4.00. The molecule has 0 spiro atoms. The first-order valence-corrected chi connectivity index (χ1v) is 8.94. The zero-order valence-corrected chi connectivity index (χ0v) is 15.9. The van der Waals surface area contributed by atoms with Crippen molar-refractivity contribution in [2.45, 2.75) is 31.9 Å². The summed E-state index contributed by atoms with van der Waals surface area (Å²) in [5, 5.41) is 3.64. The summed E-state index contributed by atoms with van der Waals surface area (Å²) < 4.78 is 46.8. The molecular formula is C19H19F3N4OS. The Labute approximate surface area is 165 Å². The average Bonchev–Trinajstić information content (AvgIpc) is 3.45. The number of aromatic nitrogens is 3. The second-order valence-electron chi connectivity index (χ2n) is 6.57. The van der Waals surface area contributed by atoms with Crippen LogP contribution in [0.25, 0.3) is 16.8 Å². The number of nitrogen functional groups attached to an aromatic ring is 1. The molecule has 3 aromatic rings. The SMILES string of the molecule is Cc1cc(C2CC2)c(-n2nc(C(F)(F)F)nc2N)cc1-c1ccccc1.OS. The van der Waals surface area contributed by atoms with Crippen molar-refractivity contribution in [3.05, 3.63) is 59.4 Å². The normalized spacial score (nSPS) is 13.8. The van der Waals surface area contributed by atoms with Crippen molar-refractivity contribution < 1.29 is 17.7 Å². The Bertz CT molecular complexity index is 969. The molecule has 0 bridgehead atoms. The van der Waals surface area contributed by atoms with Gasteiger partial charge in [0.15, 0.2) is 0 Å². The van der Waals surface area contributed by atoms with E-state index in [9.17, 15) is 13.2 Å². The lowest BCUT2D eigenvalue weighted by Gasteiger charge is -2.15. The van der Waals surface area contributed by atoms with Crippen LogP contribution in [-0.4, -0.2) is 19.3 Å². The molecule has 3 N–H and O–H groups in total. The number of rotatable bonds is 3. The van der Waals surface area contributed by atoms with Crippen LogP contribution >= 0.6 is 12.9 Å². The fourth-order valence-electron chi connectivity index (χ4n) is 3.17. The number of nitrogens with two attached hydrogens (primary N) is 1. The Morgan fingerprint density at radius 3 is 2.32 bits per heavy atom. The molecule has 1 aliphatic rings. The van der Waals surface area contributed by atoms with Crippen LogP contribution in [-0.2, 0) is 6.18 Å². The molecule has 0 saturated heterocycles. The predicted molar refractivity (Wildman–Crippen MR) is 105 cm³/mol. The maximum absolute atomic E-state index is 13.0. The summed E-state index contributed by atoms with van der Waals surface area (Å²) in [6.45, 7) is 2.00. The smallest absolute Gasteiger partial charge is 0.368 e. The molecule has 28 heavy (non-hydrogen) atoms. The molecule has 0 unspecified atom stereocenters. The van der Waals surface area contributed by atoms with Crippen LogP contribution in [0.3, 0.4) is 0 Å². The summed E-state index contributed by atoms with van der Waals surface area (Å²) in [4.78, 5) is 3.41. The first-order chi connectivity index (χ1) is 13.3. The Balaban J connectivity index is 0.00000109. The Kier molecular flexibility index (Phi) is 5.66. The monoisotopic (exact) mass is 408 g/mol. The summed E-state index contributed by atoms with van der Waals surface area (Å²) >= 11 is 2.53. The van der Waals surface area contributed by atoms with Crippen LogP contribution in [0.15, 0.2) is 42.5 Å². The lowest BCUT2D eigenvalue weighted by atomic mass is 9.95. The number of hydrogen-bond acceptors (Lipinski definition) is 5. The van der Waals surface area contributed by atoms with E-state index in [0.29, 0.717) is 11.6 Å². The first-order valence-electron chi connectivity index (χ1n) is 8.54. The minimum absolute atomic E-state index is 0.262. The van der Waals surface area contributed by atoms with Crippen LogP contribution in [0, 0.1) is 6.92 Å². The van der Waals surface area contributed by atoms with E-state index in [0.717, 1.165) is 39.8 Å². The summed E-state index contributed by atoms with van der Waals surface area (Å²) in [7, 11) is 0. The van der Waals surface area contributed by atoms with Crippen molar-refractivity contribution in [1.82, 2.24) is 14.8 Å². The van der Waals surface area contributed by atoms with E-state index in [1.54, 1.807) is 0 Å².